The number of nitrogens with zero attached hydrogens (tertiary/aromatic N) is 2. The molecule has 1 aliphatic rings. The highest BCUT2D eigenvalue weighted by atomic mass is 35.5. The molecule has 0 unspecified atom stereocenters. The summed E-state index contributed by atoms with van der Waals surface area (Å²) in [5.41, 5.74) is 2.62. The molecular weight excluding hydrogens is 396 g/mol. The molecule has 1 aromatic heterocycles. The molecule has 140 valence electrons. The summed E-state index contributed by atoms with van der Waals surface area (Å²) in [6.07, 6.45) is 1.67. The van der Waals surface area contributed by atoms with Gasteiger partial charge in [0.1, 0.15) is 12.4 Å². The standard InChI is InChI=1S/C21H15ClN2O3S/c1-13-23-17(12-28-13)11-26-18-7-5-14(6-8-18)9-19-21(25)27-20(24-19)15-3-2-4-16(22)10-15/h2-10,12H,11H2,1H3/b19-9-. The van der Waals surface area contributed by atoms with Crippen LogP contribution in [-0.2, 0) is 16.1 Å². The Morgan fingerprint density at radius 1 is 1.21 bits per heavy atom. The molecule has 2 aromatic carbocycles. The van der Waals surface area contributed by atoms with E-state index in [1.165, 1.54) is 0 Å². The molecule has 0 fully saturated rings. The Hall–Kier alpha value is -2.96. The van der Waals surface area contributed by atoms with Gasteiger partial charge in [0, 0.05) is 16.0 Å². The van der Waals surface area contributed by atoms with E-state index in [2.05, 4.69) is 9.98 Å². The van der Waals surface area contributed by atoms with Gasteiger partial charge < -0.3 is 9.47 Å². The van der Waals surface area contributed by atoms with Gasteiger partial charge in [-0.05, 0) is 48.9 Å². The third kappa shape index (κ3) is 4.30. The van der Waals surface area contributed by atoms with Crippen LogP contribution in [0.1, 0.15) is 21.8 Å². The quantitative estimate of drug-likeness (QED) is 0.437. The minimum absolute atomic E-state index is 0.238. The van der Waals surface area contributed by atoms with Gasteiger partial charge in [0.05, 0.1) is 10.7 Å². The molecule has 0 amide bonds. The third-order valence-electron chi connectivity index (χ3n) is 3.93. The van der Waals surface area contributed by atoms with Crippen molar-refractivity contribution in [2.75, 3.05) is 0 Å². The van der Waals surface area contributed by atoms with Crippen molar-refractivity contribution in [1.29, 1.82) is 0 Å². The largest absolute Gasteiger partial charge is 0.487 e. The maximum atomic E-state index is 12.1. The number of rotatable bonds is 5. The summed E-state index contributed by atoms with van der Waals surface area (Å²) in [5.74, 6) is 0.483. The normalized spacial score (nSPS) is 14.9. The van der Waals surface area contributed by atoms with Gasteiger partial charge in [-0.1, -0.05) is 29.8 Å². The Bertz CT molecular complexity index is 1090. The van der Waals surface area contributed by atoms with Crippen molar-refractivity contribution in [3.05, 3.63) is 86.5 Å². The Balaban J connectivity index is 1.46. The van der Waals surface area contributed by atoms with Crippen molar-refractivity contribution in [2.45, 2.75) is 13.5 Å². The molecule has 3 aromatic rings. The molecule has 4 rings (SSSR count). The Morgan fingerprint density at radius 3 is 2.75 bits per heavy atom. The average Bonchev–Trinajstić information content (AvgIpc) is 3.27. The lowest BCUT2D eigenvalue weighted by molar-refractivity contribution is -0.129. The van der Waals surface area contributed by atoms with Crippen molar-refractivity contribution in [3.63, 3.8) is 0 Å². The average molecular weight is 411 g/mol. The van der Waals surface area contributed by atoms with Crippen molar-refractivity contribution in [2.24, 2.45) is 4.99 Å². The molecule has 0 saturated heterocycles. The number of halogens is 1. The summed E-state index contributed by atoms with van der Waals surface area (Å²) in [7, 11) is 0. The lowest BCUT2D eigenvalue weighted by Gasteiger charge is -2.04. The number of carbonyl (C=O) groups excluding carboxylic acids is 1. The van der Waals surface area contributed by atoms with Gasteiger partial charge in [-0.3, -0.25) is 0 Å². The van der Waals surface area contributed by atoms with Gasteiger partial charge in [0.25, 0.3) is 0 Å². The fraction of sp³-hybridized carbons (Fsp3) is 0.0952. The first kappa shape index (κ1) is 18.4. The highest BCUT2D eigenvalue weighted by Crippen LogP contribution is 2.22. The van der Waals surface area contributed by atoms with Crippen LogP contribution in [0.3, 0.4) is 0 Å². The predicted molar refractivity (Wildman–Crippen MR) is 110 cm³/mol. The molecule has 2 heterocycles. The molecule has 7 heteroatoms. The summed E-state index contributed by atoms with van der Waals surface area (Å²) in [4.78, 5) is 20.8. The van der Waals surface area contributed by atoms with E-state index >= 15 is 0 Å². The van der Waals surface area contributed by atoms with Crippen LogP contribution in [0.15, 0.2) is 64.6 Å². The Labute approximate surface area is 170 Å². The molecule has 0 N–H and O–H groups in total. The van der Waals surface area contributed by atoms with E-state index in [1.54, 1.807) is 41.7 Å². The van der Waals surface area contributed by atoms with Crippen LogP contribution in [0.25, 0.3) is 6.08 Å². The number of ether oxygens (including phenoxy) is 2. The lowest BCUT2D eigenvalue weighted by atomic mass is 10.2. The van der Waals surface area contributed by atoms with Crippen molar-refractivity contribution in [3.8, 4) is 5.75 Å². The second-order valence-electron chi connectivity index (χ2n) is 6.06. The maximum Gasteiger partial charge on any atom is 0.363 e. The van der Waals surface area contributed by atoms with Crippen LogP contribution in [0.2, 0.25) is 5.02 Å². The molecule has 0 bridgehead atoms. The van der Waals surface area contributed by atoms with Crippen LogP contribution < -0.4 is 4.74 Å². The number of carbonyl (C=O) groups is 1. The lowest BCUT2D eigenvalue weighted by Crippen LogP contribution is -2.05. The second kappa shape index (κ2) is 7.96. The molecule has 0 aliphatic carbocycles. The number of cyclic esters (lactones) is 1. The molecule has 0 spiro atoms. The van der Waals surface area contributed by atoms with E-state index < -0.39 is 5.97 Å². The smallest absolute Gasteiger partial charge is 0.363 e. The second-order valence-corrected chi connectivity index (χ2v) is 7.56. The van der Waals surface area contributed by atoms with E-state index in [0.717, 1.165) is 22.0 Å². The number of thiazole rings is 1. The molecular formula is C21H15ClN2O3S. The van der Waals surface area contributed by atoms with Crippen LogP contribution in [0, 0.1) is 6.92 Å². The molecule has 5 nitrogen and oxygen atoms in total. The minimum Gasteiger partial charge on any atom is -0.487 e. The highest BCUT2D eigenvalue weighted by molar-refractivity contribution is 7.09. The molecule has 28 heavy (non-hydrogen) atoms. The zero-order valence-corrected chi connectivity index (χ0v) is 16.5. The van der Waals surface area contributed by atoms with E-state index in [9.17, 15) is 4.79 Å². The van der Waals surface area contributed by atoms with Crippen LogP contribution in [-0.4, -0.2) is 16.9 Å². The number of aromatic nitrogens is 1. The fourth-order valence-electron chi connectivity index (χ4n) is 2.60. The van der Waals surface area contributed by atoms with Crippen molar-refractivity contribution in [1.82, 2.24) is 4.98 Å². The Morgan fingerprint density at radius 2 is 2.04 bits per heavy atom. The first-order chi connectivity index (χ1) is 13.6. The van der Waals surface area contributed by atoms with Gasteiger partial charge in [-0.2, -0.15) is 0 Å². The number of hydrogen-bond donors (Lipinski definition) is 0. The monoisotopic (exact) mass is 410 g/mol. The van der Waals surface area contributed by atoms with Crippen LogP contribution >= 0.6 is 22.9 Å². The predicted octanol–water partition coefficient (Wildman–Crippen LogP) is 5.03. The number of benzene rings is 2. The summed E-state index contributed by atoms with van der Waals surface area (Å²) in [6.45, 7) is 2.38. The van der Waals surface area contributed by atoms with Gasteiger partial charge in [0.2, 0.25) is 5.90 Å². The van der Waals surface area contributed by atoms with Gasteiger partial charge >= 0.3 is 5.97 Å². The van der Waals surface area contributed by atoms with Crippen molar-refractivity contribution < 1.29 is 14.3 Å². The van der Waals surface area contributed by atoms with E-state index in [0.29, 0.717) is 17.2 Å². The maximum absolute atomic E-state index is 12.1. The van der Waals surface area contributed by atoms with E-state index in [1.807, 2.05) is 36.6 Å². The SMILES string of the molecule is Cc1nc(COc2ccc(/C=C3\N=C(c4cccc(Cl)c4)OC3=O)cc2)cs1. The number of esters is 1. The van der Waals surface area contributed by atoms with Gasteiger partial charge in [-0.15, -0.1) is 11.3 Å². The molecule has 1 aliphatic heterocycles. The Kier molecular flexibility index (Phi) is 5.23. The highest BCUT2D eigenvalue weighted by Gasteiger charge is 2.24. The van der Waals surface area contributed by atoms with Gasteiger partial charge in [0.15, 0.2) is 5.70 Å². The summed E-state index contributed by atoms with van der Waals surface area (Å²) in [6, 6.07) is 14.4. The summed E-state index contributed by atoms with van der Waals surface area (Å²) >= 11 is 7.58. The van der Waals surface area contributed by atoms with E-state index in [4.69, 9.17) is 21.1 Å². The zero-order valence-electron chi connectivity index (χ0n) is 14.9. The number of hydrogen-bond acceptors (Lipinski definition) is 6. The molecule has 0 atom stereocenters. The molecule has 0 saturated carbocycles. The number of aliphatic imine (C=N–C) groups is 1. The first-order valence-corrected chi connectivity index (χ1v) is 9.75. The topological polar surface area (TPSA) is 60.8 Å². The third-order valence-corrected chi connectivity index (χ3v) is 4.99. The van der Waals surface area contributed by atoms with Crippen LogP contribution in [0.4, 0.5) is 0 Å². The van der Waals surface area contributed by atoms with E-state index in [-0.39, 0.29) is 11.6 Å². The van der Waals surface area contributed by atoms with Gasteiger partial charge in [-0.25, -0.2) is 14.8 Å². The van der Waals surface area contributed by atoms with Crippen LogP contribution in [0.5, 0.6) is 5.75 Å². The zero-order chi connectivity index (χ0) is 19.5. The fourth-order valence-corrected chi connectivity index (χ4v) is 3.39. The number of aryl methyl sites for hydroxylation is 1. The summed E-state index contributed by atoms with van der Waals surface area (Å²) < 4.78 is 11.0. The summed E-state index contributed by atoms with van der Waals surface area (Å²) in [5, 5.41) is 3.55. The first-order valence-electron chi connectivity index (χ1n) is 8.49. The minimum atomic E-state index is -0.491. The molecule has 0 radical (unpaired) electrons. The van der Waals surface area contributed by atoms with Crippen molar-refractivity contribution >= 4 is 40.9 Å².